The average molecular weight is 571 g/mol. The van der Waals surface area contributed by atoms with Gasteiger partial charge in [-0.3, -0.25) is 0 Å². The normalized spacial score (nSPS) is 45.3. The molecule has 0 nitrogen and oxygen atoms in total. The summed E-state index contributed by atoms with van der Waals surface area (Å²) < 4.78 is 0. The molecule has 0 aromatic carbocycles. The first-order chi connectivity index (χ1) is 18.7. The molecule has 242 valence electrons. The van der Waals surface area contributed by atoms with Crippen molar-refractivity contribution in [3.05, 3.63) is 0 Å². The molecule has 0 aliphatic heterocycles. The van der Waals surface area contributed by atoms with Gasteiger partial charge in [0.2, 0.25) is 0 Å². The van der Waals surface area contributed by atoms with Crippen LogP contribution in [0.4, 0.5) is 0 Å². The average Bonchev–Trinajstić information content (AvgIpc) is 2.94. The lowest BCUT2D eigenvalue weighted by Crippen LogP contribution is -2.41. The monoisotopic (exact) mass is 571 g/mol. The quantitative estimate of drug-likeness (QED) is 0.272. The summed E-state index contributed by atoms with van der Waals surface area (Å²) >= 11 is 0. The van der Waals surface area contributed by atoms with Crippen molar-refractivity contribution in [3.8, 4) is 0 Å². The zero-order valence-electron chi connectivity index (χ0n) is 31.3. The van der Waals surface area contributed by atoms with E-state index in [2.05, 4.69) is 111 Å². The van der Waals surface area contributed by atoms with E-state index >= 15 is 0 Å². The fourth-order valence-electron chi connectivity index (χ4n) is 11.9. The Balaban J connectivity index is 1.89. The maximum absolute atomic E-state index is 2.75. The molecule has 0 aromatic heterocycles. The minimum Gasteiger partial charge on any atom is -0.0651 e. The van der Waals surface area contributed by atoms with Gasteiger partial charge in [0.25, 0.3) is 0 Å². The SMILES string of the molecule is CCC(C)CC1CCC2CC(C)C(C)(C(C)CC3(C)C(C)C(C)C(C)(C)C3C)CC(C)(C)C2CCC1C(C)C(C)C. The van der Waals surface area contributed by atoms with Gasteiger partial charge in [-0.2, -0.15) is 0 Å². The molecular formula is C41H78. The van der Waals surface area contributed by atoms with Gasteiger partial charge in [-0.1, -0.05) is 117 Å². The van der Waals surface area contributed by atoms with E-state index in [9.17, 15) is 0 Å². The van der Waals surface area contributed by atoms with Gasteiger partial charge in [-0.05, 0) is 144 Å². The molecule has 3 rings (SSSR count). The van der Waals surface area contributed by atoms with Crippen LogP contribution in [0.15, 0.2) is 0 Å². The highest BCUT2D eigenvalue weighted by atomic mass is 14.6. The van der Waals surface area contributed by atoms with E-state index in [1.165, 1.54) is 57.8 Å². The molecular weight excluding hydrogens is 492 g/mol. The molecule has 0 saturated heterocycles. The van der Waals surface area contributed by atoms with Crippen molar-refractivity contribution in [2.24, 2.45) is 92.7 Å². The van der Waals surface area contributed by atoms with Crippen LogP contribution in [0, 0.1) is 92.7 Å². The maximum Gasteiger partial charge on any atom is -0.0264 e. The molecule has 13 unspecified atom stereocenters. The third-order valence-electron chi connectivity index (χ3n) is 16.6. The molecule has 0 radical (unpaired) electrons. The first-order valence-corrected chi connectivity index (χ1v) is 18.7. The molecule has 41 heavy (non-hydrogen) atoms. The highest BCUT2D eigenvalue weighted by Crippen LogP contribution is 2.65. The van der Waals surface area contributed by atoms with Gasteiger partial charge in [-0.15, -0.1) is 0 Å². The fraction of sp³-hybridized carbons (Fsp3) is 1.00. The van der Waals surface area contributed by atoms with Gasteiger partial charge in [-0.25, -0.2) is 0 Å². The molecule has 0 N–H and O–H groups in total. The standard InChI is InChI=1S/C41H78/c1-17-27(4)22-34-18-19-35-23-28(5)41(16,25-38(11,12)37(35)21-20-36(34)30(7)26(2)3)29(6)24-40(15)32(9)31(8)39(13,14)33(40)10/h26-37H,17-25H2,1-16H3. The lowest BCUT2D eigenvalue weighted by molar-refractivity contribution is 0.000267. The van der Waals surface area contributed by atoms with E-state index in [-0.39, 0.29) is 0 Å². The van der Waals surface area contributed by atoms with Gasteiger partial charge < -0.3 is 0 Å². The first kappa shape index (κ1) is 35.5. The summed E-state index contributed by atoms with van der Waals surface area (Å²) in [5.41, 5.74) is 1.72. The second kappa shape index (κ2) is 12.8. The minimum atomic E-state index is 0.420. The second-order valence-corrected chi connectivity index (χ2v) is 19.3. The Hall–Kier alpha value is 0. The van der Waals surface area contributed by atoms with Crippen molar-refractivity contribution >= 4 is 0 Å². The van der Waals surface area contributed by atoms with Crippen LogP contribution in [0.3, 0.4) is 0 Å². The lowest BCUT2D eigenvalue weighted by Gasteiger charge is -2.49. The Bertz CT molecular complexity index is 833. The Kier molecular flexibility index (Phi) is 11.1. The molecule has 0 amide bonds. The van der Waals surface area contributed by atoms with Crippen LogP contribution in [-0.4, -0.2) is 0 Å². The van der Waals surface area contributed by atoms with E-state index in [0.717, 1.165) is 71.0 Å². The Morgan fingerprint density at radius 2 is 1.37 bits per heavy atom. The highest BCUT2D eigenvalue weighted by Gasteiger charge is 2.58. The van der Waals surface area contributed by atoms with Gasteiger partial charge >= 0.3 is 0 Å². The summed E-state index contributed by atoms with van der Waals surface area (Å²) in [6.07, 6.45) is 13.0. The van der Waals surface area contributed by atoms with Crippen molar-refractivity contribution in [3.63, 3.8) is 0 Å². The third-order valence-corrected chi connectivity index (χ3v) is 16.6. The van der Waals surface area contributed by atoms with Crippen LogP contribution in [0.1, 0.15) is 169 Å². The predicted molar refractivity (Wildman–Crippen MR) is 184 cm³/mol. The molecule has 0 heteroatoms. The van der Waals surface area contributed by atoms with Gasteiger partial charge in [0, 0.05) is 0 Å². The second-order valence-electron chi connectivity index (χ2n) is 19.3. The van der Waals surface area contributed by atoms with Crippen molar-refractivity contribution in [1.82, 2.24) is 0 Å². The largest absolute Gasteiger partial charge is 0.0651 e. The minimum absolute atomic E-state index is 0.420. The van der Waals surface area contributed by atoms with Gasteiger partial charge in [0.1, 0.15) is 0 Å². The van der Waals surface area contributed by atoms with Crippen molar-refractivity contribution in [2.45, 2.75) is 169 Å². The van der Waals surface area contributed by atoms with E-state index in [4.69, 9.17) is 0 Å². The van der Waals surface area contributed by atoms with Crippen molar-refractivity contribution in [1.29, 1.82) is 0 Å². The molecule has 3 fully saturated rings. The lowest BCUT2D eigenvalue weighted by atomic mass is 9.56. The zero-order chi connectivity index (χ0) is 31.3. The topological polar surface area (TPSA) is 0 Å². The van der Waals surface area contributed by atoms with Crippen LogP contribution in [0.5, 0.6) is 0 Å². The Morgan fingerprint density at radius 1 is 0.756 bits per heavy atom. The van der Waals surface area contributed by atoms with E-state index in [1.54, 1.807) is 0 Å². The number of fused-ring (bicyclic) bond motifs is 1. The van der Waals surface area contributed by atoms with Crippen LogP contribution in [0.2, 0.25) is 0 Å². The van der Waals surface area contributed by atoms with Gasteiger partial charge in [0.15, 0.2) is 0 Å². The summed E-state index contributed by atoms with van der Waals surface area (Å²) in [5.74, 6) is 10.1. The summed E-state index contributed by atoms with van der Waals surface area (Å²) in [5, 5.41) is 0. The maximum atomic E-state index is 2.75. The first-order valence-electron chi connectivity index (χ1n) is 18.7. The van der Waals surface area contributed by atoms with Crippen LogP contribution in [-0.2, 0) is 0 Å². The Morgan fingerprint density at radius 3 is 1.88 bits per heavy atom. The molecule has 0 heterocycles. The third kappa shape index (κ3) is 6.68. The molecule has 0 spiro atoms. The van der Waals surface area contributed by atoms with Gasteiger partial charge in [0.05, 0.1) is 0 Å². The molecule has 3 aliphatic rings. The van der Waals surface area contributed by atoms with Crippen LogP contribution >= 0.6 is 0 Å². The summed E-state index contributed by atoms with van der Waals surface area (Å²) in [6.45, 7) is 41.6. The molecule has 0 aromatic rings. The zero-order valence-corrected chi connectivity index (χ0v) is 31.3. The smallest absolute Gasteiger partial charge is 0.0264 e. The number of hydrogen-bond acceptors (Lipinski definition) is 0. The molecule has 3 saturated carbocycles. The van der Waals surface area contributed by atoms with E-state index in [0.29, 0.717) is 21.7 Å². The number of hydrogen-bond donors (Lipinski definition) is 0. The Labute approximate surface area is 260 Å². The summed E-state index contributed by atoms with van der Waals surface area (Å²) in [6, 6.07) is 0. The van der Waals surface area contributed by atoms with E-state index < -0.39 is 0 Å². The number of rotatable bonds is 8. The fourth-order valence-corrected chi connectivity index (χ4v) is 11.9. The summed E-state index contributed by atoms with van der Waals surface area (Å²) in [4.78, 5) is 0. The molecule has 0 bridgehead atoms. The van der Waals surface area contributed by atoms with Crippen molar-refractivity contribution < 1.29 is 0 Å². The summed E-state index contributed by atoms with van der Waals surface area (Å²) in [7, 11) is 0. The van der Waals surface area contributed by atoms with Crippen molar-refractivity contribution in [2.75, 3.05) is 0 Å². The highest BCUT2D eigenvalue weighted by molar-refractivity contribution is 5.07. The predicted octanol–water partition coefficient (Wildman–Crippen LogP) is 13.2. The molecule has 3 aliphatic carbocycles. The van der Waals surface area contributed by atoms with Crippen LogP contribution < -0.4 is 0 Å². The molecule has 13 atom stereocenters. The van der Waals surface area contributed by atoms with E-state index in [1.807, 2.05) is 0 Å². The van der Waals surface area contributed by atoms with Crippen LogP contribution in [0.25, 0.3) is 0 Å².